The van der Waals surface area contributed by atoms with Crippen LogP contribution in [0.3, 0.4) is 0 Å². The monoisotopic (exact) mass is 255 g/mol. The minimum atomic E-state index is -0.965. The summed E-state index contributed by atoms with van der Waals surface area (Å²) in [6.45, 7) is -0.184. The molecule has 1 unspecified atom stereocenters. The van der Waals surface area contributed by atoms with Crippen LogP contribution in [-0.2, 0) is 9.59 Å². The number of nitrogens with one attached hydrogen (secondary N) is 3. The topological polar surface area (TPSA) is 114 Å². The van der Waals surface area contributed by atoms with Gasteiger partial charge >= 0.3 is 12.0 Å². The van der Waals surface area contributed by atoms with Gasteiger partial charge in [-0.15, -0.1) is 5.12 Å². The predicted octanol–water partition coefficient (Wildman–Crippen LogP) is -1.82. The quantitative estimate of drug-likeness (QED) is 0.437. The minimum Gasteiger partial charge on any atom is -0.480 e. The molecule has 0 spiro atoms. The Balaban J connectivity index is 1.96. The van der Waals surface area contributed by atoms with Gasteiger partial charge in [-0.1, -0.05) is 0 Å². The number of hydrogen-bond donors (Lipinski definition) is 4. The summed E-state index contributed by atoms with van der Waals surface area (Å²) in [7, 11) is 1.65. The summed E-state index contributed by atoms with van der Waals surface area (Å²) in [5.74, 6) is -1.35. The third kappa shape index (κ3) is 2.51. The van der Waals surface area contributed by atoms with E-state index in [1.165, 1.54) is 10.1 Å². The smallest absolute Gasteiger partial charge is 0.324 e. The fourth-order valence-electron chi connectivity index (χ4n) is 1.78. The van der Waals surface area contributed by atoms with Crippen molar-refractivity contribution in [1.82, 2.24) is 26.2 Å². The molecule has 1 fully saturated rings. The highest BCUT2D eigenvalue weighted by Gasteiger charge is 2.32. The average Bonchev–Trinajstić information content (AvgIpc) is 2.71. The SMILES string of the molecule is CN1NC(CC2NC(=O)NC2=O)=CN1CC(=O)O. The Morgan fingerprint density at radius 1 is 1.50 bits per heavy atom. The first-order valence-corrected chi connectivity index (χ1v) is 5.26. The second kappa shape index (κ2) is 4.53. The molecular weight excluding hydrogens is 242 g/mol. The second-order valence-electron chi connectivity index (χ2n) is 4.00. The molecule has 0 aromatic carbocycles. The van der Waals surface area contributed by atoms with E-state index >= 15 is 0 Å². The van der Waals surface area contributed by atoms with Crippen molar-refractivity contribution >= 4 is 17.9 Å². The Kier molecular flexibility index (Phi) is 3.06. The van der Waals surface area contributed by atoms with E-state index in [9.17, 15) is 14.4 Å². The summed E-state index contributed by atoms with van der Waals surface area (Å²) in [4.78, 5) is 32.9. The van der Waals surface area contributed by atoms with Crippen molar-refractivity contribution < 1.29 is 19.5 Å². The van der Waals surface area contributed by atoms with E-state index in [0.717, 1.165) is 0 Å². The summed E-state index contributed by atoms with van der Waals surface area (Å²) in [5.41, 5.74) is 3.55. The Labute approximate surface area is 102 Å². The van der Waals surface area contributed by atoms with Crippen LogP contribution in [0.1, 0.15) is 6.42 Å². The molecule has 98 valence electrons. The van der Waals surface area contributed by atoms with Crippen molar-refractivity contribution in [3.05, 3.63) is 11.9 Å². The molecule has 18 heavy (non-hydrogen) atoms. The van der Waals surface area contributed by atoms with Crippen molar-refractivity contribution in [1.29, 1.82) is 0 Å². The molecule has 1 atom stereocenters. The molecule has 9 heteroatoms. The van der Waals surface area contributed by atoms with Gasteiger partial charge in [0.15, 0.2) is 0 Å². The molecule has 0 aromatic rings. The van der Waals surface area contributed by atoms with Gasteiger partial charge in [0.1, 0.15) is 12.6 Å². The largest absolute Gasteiger partial charge is 0.480 e. The van der Waals surface area contributed by atoms with Gasteiger partial charge in [0.2, 0.25) is 0 Å². The number of carboxylic acid groups (broad SMARTS) is 1. The number of aliphatic carboxylic acids is 1. The van der Waals surface area contributed by atoms with Crippen molar-refractivity contribution in [3.8, 4) is 0 Å². The molecule has 2 rings (SSSR count). The second-order valence-corrected chi connectivity index (χ2v) is 4.00. The molecule has 2 aliphatic heterocycles. The summed E-state index contributed by atoms with van der Waals surface area (Å²) < 4.78 is 0. The molecule has 0 aromatic heterocycles. The normalized spacial score (nSPS) is 23.5. The summed E-state index contributed by atoms with van der Waals surface area (Å²) >= 11 is 0. The van der Waals surface area contributed by atoms with Gasteiger partial charge in [0.05, 0.1) is 0 Å². The third-order valence-electron chi connectivity index (χ3n) is 2.58. The zero-order chi connectivity index (χ0) is 13.3. The molecule has 9 nitrogen and oxygen atoms in total. The van der Waals surface area contributed by atoms with E-state index in [1.807, 2.05) is 0 Å². The minimum absolute atomic E-state index is 0.184. The number of imide groups is 1. The number of urea groups is 1. The fourth-order valence-corrected chi connectivity index (χ4v) is 1.78. The lowest BCUT2D eigenvalue weighted by atomic mass is 10.2. The van der Waals surface area contributed by atoms with Gasteiger partial charge in [-0.25, -0.2) is 4.79 Å². The van der Waals surface area contributed by atoms with E-state index in [-0.39, 0.29) is 18.9 Å². The van der Waals surface area contributed by atoms with Crippen LogP contribution in [0.4, 0.5) is 4.79 Å². The summed E-state index contributed by atoms with van der Waals surface area (Å²) in [6, 6.07) is -1.14. The molecule has 2 heterocycles. The molecule has 0 radical (unpaired) electrons. The van der Waals surface area contributed by atoms with Gasteiger partial charge in [-0.3, -0.25) is 19.9 Å². The van der Waals surface area contributed by atoms with Crippen LogP contribution < -0.4 is 16.1 Å². The number of hydrazine groups is 2. The number of carbonyl (C=O) groups is 3. The first-order chi connectivity index (χ1) is 8.45. The number of rotatable bonds is 4. The van der Waals surface area contributed by atoms with Gasteiger partial charge in [-0.05, 0) is 0 Å². The summed E-state index contributed by atoms with van der Waals surface area (Å²) in [5, 5.41) is 16.2. The number of nitrogens with zero attached hydrogens (tertiary/aromatic N) is 2. The van der Waals surface area contributed by atoms with Crippen LogP contribution in [0.2, 0.25) is 0 Å². The third-order valence-corrected chi connectivity index (χ3v) is 2.58. The molecule has 3 amide bonds. The van der Waals surface area contributed by atoms with Crippen LogP contribution in [-0.4, -0.2) is 52.8 Å². The van der Waals surface area contributed by atoms with Crippen LogP contribution in [0.5, 0.6) is 0 Å². The van der Waals surface area contributed by atoms with Gasteiger partial charge in [-0.2, -0.15) is 0 Å². The van der Waals surface area contributed by atoms with E-state index in [4.69, 9.17) is 5.11 Å². The van der Waals surface area contributed by atoms with Crippen molar-refractivity contribution in [3.63, 3.8) is 0 Å². The standard InChI is InChI=1S/C9H13N5O4/c1-13-12-5(3-14(13)4-7(15)16)2-6-8(17)11-9(18)10-6/h3,6,12H,2,4H2,1H3,(H,15,16)(H2,10,11,17,18). The maximum atomic E-state index is 11.3. The lowest BCUT2D eigenvalue weighted by Gasteiger charge is -2.22. The van der Waals surface area contributed by atoms with Crippen molar-refractivity contribution in [2.24, 2.45) is 0 Å². The molecule has 0 aliphatic carbocycles. The fraction of sp³-hybridized carbons (Fsp3) is 0.444. The molecule has 0 saturated carbocycles. The zero-order valence-corrected chi connectivity index (χ0v) is 9.64. The van der Waals surface area contributed by atoms with E-state index in [2.05, 4.69) is 16.1 Å². The highest BCUT2D eigenvalue weighted by Crippen LogP contribution is 2.14. The molecule has 2 aliphatic rings. The molecular formula is C9H13N5O4. The first-order valence-electron chi connectivity index (χ1n) is 5.26. The summed E-state index contributed by atoms with van der Waals surface area (Å²) in [6.07, 6.45) is 1.86. The van der Waals surface area contributed by atoms with E-state index in [0.29, 0.717) is 5.70 Å². The molecule has 1 saturated heterocycles. The molecule has 0 bridgehead atoms. The van der Waals surface area contributed by atoms with Gasteiger partial charge < -0.3 is 15.8 Å². The van der Waals surface area contributed by atoms with Crippen molar-refractivity contribution in [2.75, 3.05) is 13.6 Å². The van der Waals surface area contributed by atoms with Crippen molar-refractivity contribution in [2.45, 2.75) is 12.5 Å². The Morgan fingerprint density at radius 3 is 2.78 bits per heavy atom. The van der Waals surface area contributed by atoms with Crippen LogP contribution in [0, 0.1) is 0 Å². The van der Waals surface area contributed by atoms with Crippen LogP contribution in [0.15, 0.2) is 11.9 Å². The van der Waals surface area contributed by atoms with Gasteiger partial charge in [0.25, 0.3) is 5.91 Å². The first kappa shape index (κ1) is 12.2. The lowest BCUT2D eigenvalue weighted by Crippen LogP contribution is -2.41. The highest BCUT2D eigenvalue weighted by atomic mass is 16.4. The van der Waals surface area contributed by atoms with Crippen LogP contribution >= 0.6 is 0 Å². The maximum absolute atomic E-state index is 11.3. The van der Waals surface area contributed by atoms with Crippen LogP contribution in [0.25, 0.3) is 0 Å². The number of carboxylic acids is 1. The number of hydrogen-bond acceptors (Lipinski definition) is 6. The van der Waals surface area contributed by atoms with Gasteiger partial charge in [0, 0.05) is 25.4 Å². The number of carbonyl (C=O) groups excluding carboxylic acids is 2. The Morgan fingerprint density at radius 2 is 2.22 bits per heavy atom. The number of amides is 3. The zero-order valence-electron chi connectivity index (χ0n) is 9.64. The predicted molar refractivity (Wildman–Crippen MR) is 58.4 cm³/mol. The highest BCUT2D eigenvalue weighted by molar-refractivity contribution is 6.04. The Bertz CT molecular complexity index is 435. The maximum Gasteiger partial charge on any atom is 0.324 e. The van der Waals surface area contributed by atoms with E-state index in [1.54, 1.807) is 13.2 Å². The Hall–Kier alpha value is -2.29. The van der Waals surface area contributed by atoms with E-state index < -0.39 is 18.0 Å². The average molecular weight is 255 g/mol. The lowest BCUT2D eigenvalue weighted by molar-refractivity contribution is -0.141. The molecule has 4 N–H and O–H groups in total.